The Hall–Kier alpha value is -2.81. The summed E-state index contributed by atoms with van der Waals surface area (Å²) in [5, 5.41) is 12.7. The molecule has 0 saturated heterocycles. The summed E-state index contributed by atoms with van der Waals surface area (Å²) in [7, 11) is -4.44. The highest BCUT2D eigenvalue weighted by atomic mass is 31.2. The van der Waals surface area contributed by atoms with Crippen molar-refractivity contribution in [3.8, 4) is 0 Å². The number of unbranched alkanes of at least 4 members (excludes halogenated alkanes) is 12. The molecule has 0 heterocycles. The highest BCUT2D eigenvalue weighted by Crippen LogP contribution is 2.42. The van der Waals surface area contributed by atoms with Crippen molar-refractivity contribution in [1.82, 2.24) is 5.32 Å². The van der Waals surface area contributed by atoms with Crippen LogP contribution in [0.25, 0.3) is 0 Å². The number of phosphoric ester groups is 1. The van der Waals surface area contributed by atoms with Crippen molar-refractivity contribution in [3.63, 3.8) is 0 Å². The van der Waals surface area contributed by atoms with Gasteiger partial charge in [0, 0.05) is 19.4 Å². The number of carbonyl (C=O) groups is 2. The zero-order chi connectivity index (χ0) is 41.1. The van der Waals surface area contributed by atoms with Crippen molar-refractivity contribution in [2.75, 3.05) is 26.4 Å². The molecule has 0 rings (SSSR count). The first-order chi connectivity index (χ1) is 27.3. The fourth-order valence-corrected chi connectivity index (χ4v) is 6.08. The number of amides is 1. The van der Waals surface area contributed by atoms with Crippen LogP contribution < -0.4 is 5.32 Å². The third-order valence-corrected chi connectivity index (χ3v) is 9.54. The molecule has 0 aromatic rings. The number of allylic oxidation sites excluding steroid dienone is 14. The van der Waals surface area contributed by atoms with E-state index >= 15 is 0 Å². The molecule has 0 aromatic carbocycles. The molecule has 9 nitrogen and oxygen atoms in total. The molecule has 0 bridgehead atoms. The van der Waals surface area contributed by atoms with E-state index in [9.17, 15) is 24.2 Å². The Kier molecular flexibility index (Phi) is 39.7. The molecular weight excluding hydrogens is 725 g/mol. The molecule has 0 aromatic heterocycles. The fraction of sp³-hybridized carbons (Fsp3) is 0.652. The Bertz CT molecular complexity index is 1190. The summed E-state index contributed by atoms with van der Waals surface area (Å²) >= 11 is 0. The summed E-state index contributed by atoms with van der Waals surface area (Å²) in [6, 6.07) is 0. The Morgan fingerprint density at radius 1 is 0.571 bits per heavy atom. The lowest BCUT2D eigenvalue weighted by Crippen LogP contribution is -2.27. The predicted molar refractivity (Wildman–Crippen MR) is 233 cm³/mol. The van der Waals surface area contributed by atoms with Crippen molar-refractivity contribution < 1.29 is 37.9 Å². The van der Waals surface area contributed by atoms with Gasteiger partial charge in [-0.25, -0.2) is 4.57 Å². The lowest BCUT2D eigenvalue weighted by atomic mass is 10.1. The molecule has 2 unspecified atom stereocenters. The maximum Gasteiger partial charge on any atom is 0.472 e. The molecule has 0 spiro atoms. The van der Waals surface area contributed by atoms with Crippen LogP contribution in [-0.2, 0) is 27.9 Å². The van der Waals surface area contributed by atoms with Gasteiger partial charge in [-0.1, -0.05) is 150 Å². The number of rotatable bonds is 39. The van der Waals surface area contributed by atoms with Gasteiger partial charge in [-0.15, -0.1) is 0 Å². The van der Waals surface area contributed by atoms with Gasteiger partial charge in [-0.2, -0.15) is 0 Å². The zero-order valence-electron chi connectivity index (χ0n) is 35.0. The van der Waals surface area contributed by atoms with Crippen LogP contribution in [0.2, 0.25) is 0 Å². The number of hydrogen-bond donors (Lipinski definition) is 3. The van der Waals surface area contributed by atoms with Gasteiger partial charge in [-0.05, 0) is 83.5 Å². The van der Waals surface area contributed by atoms with Crippen molar-refractivity contribution >= 4 is 19.7 Å². The number of phosphoric acid groups is 1. The minimum Gasteiger partial charge on any atom is -0.463 e. The summed E-state index contributed by atoms with van der Waals surface area (Å²) < 4.78 is 26.8. The summed E-state index contributed by atoms with van der Waals surface area (Å²) in [5.74, 6) is -0.590. The van der Waals surface area contributed by atoms with Gasteiger partial charge in [0.15, 0.2) is 0 Å². The molecule has 10 heteroatoms. The van der Waals surface area contributed by atoms with Crippen molar-refractivity contribution in [2.24, 2.45) is 0 Å². The lowest BCUT2D eigenvalue weighted by Gasteiger charge is -2.15. The number of carbonyl (C=O) groups excluding carboxylic acids is 2. The van der Waals surface area contributed by atoms with E-state index in [0.717, 1.165) is 70.6 Å². The van der Waals surface area contributed by atoms with E-state index in [0.29, 0.717) is 12.8 Å². The number of hydrogen-bond acceptors (Lipinski definition) is 7. The Labute approximate surface area is 341 Å². The van der Waals surface area contributed by atoms with Crippen LogP contribution in [0.4, 0.5) is 0 Å². The second-order valence-corrected chi connectivity index (χ2v) is 15.4. The van der Waals surface area contributed by atoms with Crippen molar-refractivity contribution in [3.05, 3.63) is 85.1 Å². The van der Waals surface area contributed by atoms with E-state index in [2.05, 4.69) is 98.2 Å². The van der Waals surface area contributed by atoms with Gasteiger partial charge < -0.3 is 20.1 Å². The second-order valence-electron chi connectivity index (χ2n) is 13.9. The maximum absolute atomic E-state index is 12.1. The highest BCUT2D eigenvalue weighted by Gasteiger charge is 2.23. The minimum absolute atomic E-state index is 0.0658. The van der Waals surface area contributed by atoms with Crippen molar-refractivity contribution in [2.45, 2.75) is 168 Å². The number of esters is 1. The molecule has 0 saturated carbocycles. The predicted octanol–water partition coefficient (Wildman–Crippen LogP) is 12.0. The van der Waals surface area contributed by atoms with Crippen LogP contribution in [0.5, 0.6) is 0 Å². The highest BCUT2D eigenvalue weighted by molar-refractivity contribution is 7.47. The fourth-order valence-electron chi connectivity index (χ4n) is 5.33. The largest absolute Gasteiger partial charge is 0.472 e. The standard InChI is InChI=1S/C46H78NO8P/c1-3-5-7-9-11-13-15-17-19-21-23-24-26-28-30-32-34-36-38-45(49)47-40-41-54-56(51,52)55-43-44(48)42-53-46(50)39-37-35-33-31-29-27-25-22-20-18-16-14-12-10-8-6-4-2/h6,8,12-15,18-21,25,27,31,33,44,48H,3-5,7,9-11,16-17,22-24,26,28-30,32,34-43H2,1-2H3,(H,47,49)(H,51,52)/b8-6-,14-12-,15-13-,20-18-,21-19-,27-25-,33-31-. The molecule has 0 fully saturated rings. The molecule has 3 N–H and O–H groups in total. The van der Waals surface area contributed by atoms with Crippen molar-refractivity contribution in [1.29, 1.82) is 0 Å². The third kappa shape index (κ3) is 42.3. The number of aliphatic hydroxyl groups is 1. The Morgan fingerprint density at radius 2 is 1.04 bits per heavy atom. The molecule has 0 radical (unpaired) electrons. The number of ether oxygens (including phenoxy) is 1. The molecule has 0 aliphatic heterocycles. The average molecular weight is 804 g/mol. The van der Waals surface area contributed by atoms with Gasteiger partial charge in [0.25, 0.3) is 0 Å². The van der Waals surface area contributed by atoms with Gasteiger partial charge in [0.2, 0.25) is 5.91 Å². The summed E-state index contributed by atoms with van der Waals surface area (Å²) in [6.07, 6.45) is 52.3. The Morgan fingerprint density at radius 3 is 1.57 bits per heavy atom. The van der Waals surface area contributed by atoms with E-state index in [4.69, 9.17) is 13.8 Å². The third-order valence-electron chi connectivity index (χ3n) is 8.56. The molecular formula is C46H78NO8P. The normalized spacial score (nSPS) is 14.1. The molecule has 0 aliphatic carbocycles. The second kappa shape index (κ2) is 41.8. The van der Waals surface area contributed by atoms with Crippen LogP contribution in [-0.4, -0.2) is 54.3 Å². The number of nitrogens with one attached hydrogen (secondary N) is 1. The monoisotopic (exact) mass is 804 g/mol. The summed E-state index contributed by atoms with van der Waals surface area (Å²) in [6.45, 7) is 3.33. The van der Waals surface area contributed by atoms with Crippen LogP contribution in [0.15, 0.2) is 85.1 Å². The first-order valence-corrected chi connectivity index (χ1v) is 23.1. The smallest absolute Gasteiger partial charge is 0.463 e. The molecule has 320 valence electrons. The van der Waals surface area contributed by atoms with E-state index in [1.165, 1.54) is 57.8 Å². The van der Waals surface area contributed by atoms with Gasteiger partial charge in [0.1, 0.15) is 12.7 Å². The molecule has 1 amide bonds. The summed E-state index contributed by atoms with van der Waals surface area (Å²) in [5.41, 5.74) is 0. The van der Waals surface area contributed by atoms with Crippen LogP contribution >= 0.6 is 7.82 Å². The first-order valence-electron chi connectivity index (χ1n) is 21.6. The lowest BCUT2D eigenvalue weighted by molar-refractivity contribution is -0.147. The number of aliphatic hydroxyl groups excluding tert-OH is 1. The van der Waals surface area contributed by atoms with E-state index in [1.807, 2.05) is 6.08 Å². The minimum atomic E-state index is -4.44. The molecule has 0 aliphatic rings. The average Bonchev–Trinajstić information content (AvgIpc) is 3.18. The Balaban J connectivity index is 3.71. The zero-order valence-corrected chi connectivity index (χ0v) is 35.9. The maximum atomic E-state index is 12.1. The van der Waals surface area contributed by atoms with E-state index in [-0.39, 0.29) is 32.1 Å². The van der Waals surface area contributed by atoms with E-state index < -0.39 is 26.5 Å². The first kappa shape index (κ1) is 53.2. The van der Waals surface area contributed by atoms with Crippen LogP contribution in [0.3, 0.4) is 0 Å². The van der Waals surface area contributed by atoms with Gasteiger partial charge >= 0.3 is 13.8 Å². The van der Waals surface area contributed by atoms with E-state index in [1.54, 1.807) is 0 Å². The van der Waals surface area contributed by atoms with Crippen LogP contribution in [0, 0.1) is 0 Å². The quantitative estimate of drug-likeness (QED) is 0.0242. The summed E-state index contributed by atoms with van der Waals surface area (Å²) in [4.78, 5) is 33.9. The molecule has 2 atom stereocenters. The van der Waals surface area contributed by atoms with Gasteiger partial charge in [-0.3, -0.25) is 18.6 Å². The van der Waals surface area contributed by atoms with Crippen LogP contribution in [0.1, 0.15) is 162 Å². The van der Waals surface area contributed by atoms with Gasteiger partial charge in [0.05, 0.1) is 13.2 Å². The SMILES string of the molecule is CC/C=C\C/C=C\C/C=C\C/C=C\C/C=C\CCCC(=O)OCC(O)COP(=O)(O)OCCNC(=O)CCCCCCCCC/C=C\C/C=C\CCCCCC. The topological polar surface area (TPSA) is 131 Å². The molecule has 56 heavy (non-hydrogen) atoms.